The summed E-state index contributed by atoms with van der Waals surface area (Å²) in [5.74, 6) is 0.249. The summed E-state index contributed by atoms with van der Waals surface area (Å²) >= 11 is 0. The Bertz CT molecular complexity index is 732. The number of aromatic nitrogens is 3. The summed E-state index contributed by atoms with van der Waals surface area (Å²) in [4.78, 5) is 4.49. The maximum absolute atomic E-state index is 10.0. The molecule has 0 saturated carbocycles. The first-order valence-electron chi connectivity index (χ1n) is 6.23. The van der Waals surface area contributed by atoms with Crippen molar-refractivity contribution in [2.45, 2.75) is 20.4 Å². The molecule has 0 amide bonds. The van der Waals surface area contributed by atoms with Gasteiger partial charge in [-0.05, 0) is 19.4 Å². The highest BCUT2D eigenvalue weighted by atomic mass is 16.3. The van der Waals surface area contributed by atoms with Crippen LogP contribution in [-0.4, -0.2) is 19.9 Å². The van der Waals surface area contributed by atoms with Crippen LogP contribution in [0.3, 0.4) is 0 Å². The third-order valence-electron chi connectivity index (χ3n) is 3.16. The molecule has 1 aromatic carbocycles. The SMILES string of the molecule is Cc1cc(O)c2c(C)nn(Cc3ccccc3)c2n1. The first-order valence-corrected chi connectivity index (χ1v) is 6.23. The van der Waals surface area contributed by atoms with E-state index in [1.807, 2.05) is 36.7 Å². The summed E-state index contributed by atoms with van der Waals surface area (Å²) < 4.78 is 1.84. The lowest BCUT2D eigenvalue weighted by molar-refractivity contribution is 0.480. The predicted molar refractivity (Wildman–Crippen MR) is 74.2 cm³/mol. The molecule has 1 N–H and O–H groups in total. The molecular weight excluding hydrogens is 238 g/mol. The van der Waals surface area contributed by atoms with Crippen molar-refractivity contribution in [3.63, 3.8) is 0 Å². The molecule has 0 aliphatic heterocycles. The fraction of sp³-hybridized carbons (Fsp3) is 0.200. The van der Waals surface area contributed by atoms with Crippen LogP contribution in [0.1, 0.15) is 17.0 Å². The van der Waals surface area contributed by atoms with Crippen LogP contribution < -0.4 is 0 Å². The number of benzene rings is 1. The minimum absolute atomic E-state index is 0.249. The third-order valence-corrected chi connectivity index (χ3v) is 3.16. The monoisotopic (exact) mass is 253 g/mol. The van der Waals surface area contributed by atoms with E-state index in [0.29, 0.717) is 6.54 Å². The van der Waals surface area contributed by atoms with Gasteiger partial charge in [0, 0.05) is 11.8 Å². The Morgan fingerprint density at radius 2 is 1.89 bits per heavy atom. The third kappa shape index (κ3) is 2.05. The molecule has 96 valence electrons. The van der Waals surface area contributed by atoms with E-state index in [-0.39, 0.29) is 5.75 Å². The van der Waals surface area contributed by atoms with E-state index in [1.165, 1.54) is 0 Å². The lowest BCUT2D eigenvalue weighted by Crippen LogP contribution is -2.03. The van der Waals surface area contributed by atoms with Gasteiger partial charge in [0.1, 0.15) is 5.75 Å². The zero-order valence-corrected chi connectivity index (χ0v) is 11.0. The van der Waals surface area contributed by atoms with Crippen molar-refractivity contribution in [1.29, 1.82) is 0 Å². The van der Waals surface area contributed by atoms with Crippen LogP contribution in [-0.2, 0) is 6.54 Å². The predicted octanol–water partition coefficient (Wildman–Crippen LogP) is 2.80. The van der Waals surface area contributed by atoms with Crippen LogP contribution in [0.25, 0.3) is 11.0 Å². The normalized spacial score (nSPS) is 11.1. The Labute approximate surface area is 111 Å². The quantitative estimate of drug-likeness (QED) is 0.764. The van der Waals surface area contributed by atoms with Crippen LogP contribution in [0.15, 0.2) is 36.4 Å². The summed E-state index contributed by atoms with van der Waals surface area (Å²) in [5, 5.41) is 15.2. The summed E-state index contributed by atoms with van der Waals surface area (Å²) in [7, 11) is 0. The van der Waals surface area contributed by atoms with Crippen LogP contribution >= 0.6 is 0 Å². The van der Waals surface area contributed by atoms with Crippen LogP contribution in [0, 0.1) is 13.8 Å². The van der Waals surface area contributed by atoms with E-state index >= 15 is 0 Å². The molecule has 2 heterocycles. The molecule has 4 nitrogen and oxygen atoms in total. The van der Waals surface area contributed by atoms with E-state index in [2.05, 4.69) is 22.2 Å². The largest absolute Gasteiger partial charge is 0.507 e. The number of hydrogen-bond acceptors (Lipinski definition) is 3. The van der Waals surface area contributed by atoms with Gasteiger partial charge in [0.25, 0.3) is 0 Å². The summed E-state index contributed by atoms with van der Waals surface area (Å²) in [6.07, 6.45) is 0. The van der Waals surface area contributed by atoms with Gasteiger partial charge in [-0.2, -0.15) is 5.10 Å². The lowest BCUT2D eigenvalue weighted by atomic mass is 10.2. The minimum atomic E-state index is 0.249. The molecule has 0 aliphatic rings. The molecule has 3 rings (SSSR count). The number of pyridine rings is 1. The van der Waals surface area contributed by atoms with E-state index in [9.17, 15) is 5.11 Å². The standard InChI is InChI=1S/C15H15N3O/c1-10-8-13(19)14-11(2)17-18(15(14)16-10)9-12-6-4-3-5-7-12/h3-8H,9H2,1-2H3,(H,16,19). The molecule has 2 aromatic heterocycles. The van der Waals surface area contributed by atoms with E-state index in [1.54, 1.807) is 6.07 Å². The maximum atomic E-state index is 10.0. The zero-order chi connectivity index (χ0) is 13.4. The molecule has 0 atom stereocenters. The Morgan fingerprint density at radius 1 is 1.16 bits per heavy atom. The molecule has 0 unspecified atom stereocenters. The molecule has 0 bridgehead atoms. The zero-order valence-electron chi connectivity index (χ0n) is 11.0. The number of aryl methyl sites for hydroxylation is 2. The number of nitrogens with zero attached hydrogens (tertiary/aromatic N) is 3. The molecule has 0 aliphatic carbocycles. The second-order valence-corrected chi connectivity index (χ2v) is 4.71. The first-order chi connectivity index (χ1) is 9.15. The average molecular weight is 253 g/mol. The van der Waals surface area contributed by atoms with Gasteiger partial charge in [0.15, 0.2) is 5.65 Å². The smallest absolute Gasteiger partial charge is 0.162 e. The number of hydrogen-bond donors (Lipinski definition) is 1. The van der Waals surface area contributed by atoms with Gasteiger partial charge in [0.05, 0.1) is 17.6 Å². The van der Waals surface area contributed by atoms with Gasteiger partial charge in [-0.1, -0.05) is 30.3 Å². The van der Waals surface area contributed by atoms with E-state index in [4.69, 9.17) is 0 Å². The molecule has 3 aromatic rings. The topological polar surface area (TPSA) is 50.9 Å². The fourth-order valence-corrected chi connectivity index (χ4v) is 2.32. The second kappa shape index (κ2) is 4.39. The van der Waals surface area contributed by atoms with Crippen molar-refractivity contribution in [3.05, 3.63) is 53.3 Å². The van der Waals surface area contributed by atoms with Crippen LogP contribution in [0.5, 0.6) is 5.75 Å². The van der Waals surface area contributed by atoms with Crippen LogP contribution in [0.4, 0.5) is 0 Å². The Hall–Kier alpha value is -2.36. The highest BCUT2D eigenvalue weighted by Gasteiger charge is 2.13. The Kier molecular flexibility index (Phi) is 2.71. The van der Waals surface area contributed by atoms with Crippen LogP contribution in [0.2, 0.25) is 0 Å². The van der Waals surface area contributed by atoms with Gasteiger partial charge in [-0.15, -0.1) is 0 Å². The Balaban J connectivity index is 2.14. The molecule has 0 spiro atoms. The van der Waals surface area contributed by atoms with Crippen molar-refractivity contribution in [3.8, 4) is 5.75 Å². The molecule has 4 heteroatoms. The number of aromatic hydroxyl groups is 1. The highest BCUT2D eigenvalue weighted by molar-refractivity contribution is 5.85. The van der Waals surface area contributed by atoms with E-state index in [0.717, 1.165) is 28.0 Å². The molecule has 0 saturated heterocycles. The van der Waals surface area contributed by atoms with Gasteiger partial charge in [0.2, 0.25) is 0 Å². The van der Waals surface area contributed by atoms with Gasteiger partial charge in [-0.3, -0.25) is 0 Å². The summed E-state index contributed by atoms with van der Waals surface area (Å²) in [6.45, 7) is 4.41. The minimum Gasteiger partial charge on any atom is -0.507 e. The van der Waals surface area contributed by atoms with Crippen molar-refractivity contribution in [1.82, 2.24) is 14.8 Å². The number of rotatable bonds is 2. The molecule has 19 heavy (non-hydrogen) atoms. The molecule has 0 radical (unpaired) electrons. The van der Waals surface area contributed by atoms with Gasteiger partial charge >= 0.3 is 0 Å². The molecule has 0 fully saturated rings. The van der Waals surface area contributed by atoms with E-state index < -0.39 is 0 Å². The fourth-order valence-electron chi connectivity index (χ4n) is 2.32. The summed E-state index contributed by atoms with van der Waals surface area (Å²) in [5.41, 5.74) is 3.49. The molecular formula is C15H15N3O. The second-order valence-electron chi connectivity index (χ2n) is 4.71. The highest BCUT2D eigenvalue weighted by Crippen LogP contribution is 2.27. The first kappa shape index (κ1) is 11.7. The number of fused-ring (bicyclic) bond motifs is 1. The average Bonchev–Trinajstić information content (AvgIpc) is 2.67. The Morgan fingerprint density at radius 3 is 2.63 bits per heavy atom. The van der Waals surface area contributed by atoms with Gasteiger partial charge < -0.3 is 5.11 Å². The summed E-state index contributed by atoms with van der Waals surface area (Å²) in [6, 6.07) is 11.8. The van der Waals surface area contributed by atoms with Crippen molar-refractivity contribution >= 4 is 11.0 Å². The van der Waals surface area contributed by atoms with Crippen molar-refractivity contribution < 1.29 is 5.11 Å². The van der Waals surface area contributed by atoms with Crippen molar-refractivity contribution in [2.24, 2.45) is 0 Å². The van der Waals surface area contributed by atoms with Gasteiger partial charge in [-0.25, -0.2) is 9.67 Å². The maximum Gasteiger partial charge on any atom is 0.162 e. The van der Waals surface area contributed by atoms with Crippen molar-refractivity contribution in [2.75, 3.05) is 0 Å². The lowest BCUT2D eigenvalue weighted by Gasteiger charge is -2.04.